The van der Waals surface area contributed by atoms with E-state index in [1.807, 2.05) is 42.6 Å². The van der Waals surface area contributed by atoms with Gasteiger partial charge in [0.25, 0.3) is 5.91 Å². The van der Waals surface area contributed by atoms with Crippen molar-refractivity contribution in [2.24, 2.45) is 0 Å². The highest BCUT2D eigenvalue weighted by Crippen LogP contribution is 2.23. The van der Waals surface area contributed by atoms with Crippen molar-refractivity contribution in [3.8, 4) is 11.4 Å². The Kier molecular flexibility index (Phi) is 4.34. The molecular weight excluding hydrogens is 328 g/mol. The third kappa shape index (κ3) is 3.27. The van der Waals surface area contributed by atoms with Crippen molar-refractivity contribution in [2.75, 3.05) is 18.4 Å². The lowest BCUT2D eigenvalue weighted by Crippen LogP contribution is -2.29. The summed E-state index contributed by atoms with van der Waals surface area (Å²) in [6, 6.07) is 15.3. The van der Waals surface area contributed by atoms with Gasteiger partial charge in [-0.2, -0.15) is 0 Å². The SMILES string of the molecule is O=C(NCCNc1nc(-c2ccccc2)nc2[nH]ccc12)c1ccc[nH]1.[HH].[HH]. The van der Waals surface area contributed by atoms with Crippen LogP contribution in [-0.2, 0) is 0 Å². The van der Waals surface area contributed by atoms with E-state index in [1.165, 1.54) is 0 Å². The zero-order valence-corrected chi connectivity index (χ0v) is 14.0. The van der Waals surface area contributed by atoms with Gasteiger partial charge in [-0.15, -0.1) is 0 Å². The minimum Gasteiger partial charge on any atom is -0.368 e. The fourth-order valence-corrected chi connectivity index (χ4v) is 2.72. The number of carbonyl (C=O) groups is 1. The molecule has 4 aromatic rings. The van der Waals surface area contributed by atoms with Crippen molar-refractivity contribution in [3.63, 3.8) is 0 Å². The first-order valence-electron chi connectivity index (χ1n) is 8.37. The molecule has 0 bridgehead atoms. The predicted octanol–water partition coefficient (Wildman–Crippen LogP) is 3.29. The Morgan fingerprint density at radius 1 is 0.962 bits per heavy atom. The molecule has 0 aliphatic carbocycles. The van der Waals surface area contributed by atoms with Crippen LogP contribution in [-0.4, -0.2) is 38.9 Å². The van der Waals surface area contributed by atoms with Gasteiger partial charge in [0, 0.05) is 33.9 Å². The van der Waals surface area contributed by atoms with E-state index in [-0.39, 0.29) is 8.76 Å². The van der Waals surface area contributed by atoms with Gasteiger partial charge in [0.15, 0.2) is 5.82 Å². The highest BCUT2D eigenvalue weighted by atomic mass is 16.1. The van der Waals surface area contributed by atoms with Gasteiger partial charge >= 0.3 is 0 Å². The minimum atomic E-state index is -0.128. The number of nitrogens with one attached hydrogen (secondary N) is 4. The Balaban J connectivity index is 0.00000140. The first-order chi connectivity index (χ1) is 12.8. The molecule has 0 saturated heterocycles. The van der Waals surface area contributed by atoms with Crippen molar-refractivity contribution in [2.45, 2.75) is 0 Å². The Morgan fingerprint density at radius 2 is 1.85 bits per heavy atom. The topological polar surface area (TPSA) is 98.5 Å². The van der Waals surface area contributed by atoms with Gasteiger partial charge in [-0.1, -0.05) is 30.3 Å². The first-order valence-corrected chi connectivity index (χ1v) is 8.37. The molecule has 7 heteroatoms. The number of rotatable bonds is 6. The van der Waals surface area contributed by atoms with Crippen LogP contribution in [0.3, 0.4) is 0 Å². The van der Waals surface area contributed by atoms with E-state index in [1.54, 1.807) is 18.3 Å². The van der Waals surface area contributed by atoms with Crippen LogP contribution >= 0.6 is 0 Å². The van der Waals surface area contributed by atoms with E-state index in [2.05, 4.69) is 30.6 Å². The normalized spacial score (nSPS) is 10.8. The molecule has 0 fully saturated rings. The molecule has 7 nitrogen and oxygen atoms in total. The second-order valence-corrected chi connectivity index (χ2v) is 5.77. The van der Waals surface area contributed by atoms with E-state index in [0.717, 1.165) is 22.4 Å². The first kappa shape index (κ1) is 15.9. The van der Waals surface area contributed by atoms with E-state index < -0.39 is 0 Å². The summed E-state index contributed by atoms with van der Waals surface area (Å²) < 4.78 is 0. The molecule has 0 unspecified atom stereocenters. The number of carbonyl (C=O) groups excluding carboxylic acids is 1. The molecule has 1 aromatic carbocycles. The van der Waals surface area contributed by atoms with Crippen LogP contribution in [0, 0.1) is 0 Å². The summed E-state index contributed by atoms with van der Waals surface area (Å²) in [6.45, 7) is 1.03. The molecule has 3 aromatic heterocycles. The molecule has 0 radical (unpaired) electrons. The summed E-state index contributed by atoms with van der Waals surface area (Å²) in [6.07, 6.45) is 3.56. The average molecular weight is 350 g/mol. The lowest BCUT2D eigenvalue weighted by Gasteiger charge is -2.10. The van der Waals surface area contributed by atoms with Crippen molar-refractivity contribution >= 4 is 22.8 Å². The molecule has 4 rings (SSSR count). The van der Waals surface area contributed by atoms with Crippen molar-refractivity contribution in [1.29, 1.82) is 0 Å². The van der Waals surface area contributed by atoms with Crippen molar-refractivity contribution in [1.82, 2.24) is 25.3 Å². The molecule has 26 heavy (non-hydrogen) atoms. The van der Waals surface area contributed by atoms with Gasteiger partial charge in [-0.25, -0.2) is 9.97 Å². The van der Waals surface area contributed by atoms with E-state index in [4.69, 9.17) is 0 Å². The summed E-state index contributed by atoms with van der Waals surface area (Å²) in [4.78, 5) is 27.2. The number of H-pyrrole nitrogens is 2. The molecular formula is C19H22N6O. The lowest BCUT2D eigenvalue weighted by atomic mass is 10.2. The summed E-state index contributed by atoms with van der Waals surface area (Å²) >= 11 is 0. The maximum atomic E-state index is 11.9. The van der Waals surface area contributed by atoms with Crippen LogP contribution in [0.2, 0.25) is 0 Å². The van der Waals surface area contributed by atoms with Crippen LogP contribution in [0.15, 0.2) is 60.9 Å². The molecule has 0 aliphatic heterocycles. The van der Waals surface area contributed by atoms with Gasteiger partial charge in [-0.05, 0) is 18.2 Å². The molecule has 1 amide bonds. The van der Waals surface area contributed by atoms with Gasteiger partial charge in [0.2, 0.25) is 0 Å². The molecule has 0 spiro atoms. The predicted molar refractivity (Wildman–Crippen MR) is 105 cm³/mol. The van der Waals surface area contributed by atoms with Crippen LogP contribution in [0.1, 0.15) is 13.3 Å². The second kappa shape index (κ2) is 7.10. The molecule has 0 saturated carbocycles. The number of fused-ring (bicyclic) bond motifs is 1. The van der Waals surface area contributed by atoms with E-state index >= 15 is 0 Å². The highest BCUT2D eigenvalue weighted by molar-refractivity contribution is 5.92. The van der Waals surface area contributed by atoms with Gasteiger partial charge in [-0.3, -0.25) is 4.79 Å². The number of benzene rings is 1. The smallest absolute Gasteiger partial charge is 0.267 e. The van der Waals surface area contributed by atoms with Crippen LogP contribution < -0.4 is 10.6 Å². The molecule has 0 atom stereocenters. The maximum absolute atomic E-state index is 11.9. The fourth-order valence-electron chi connectivity index (χ4n) is 2.72. The number of nitrogens with zero attached hydrogens (tertiary/aromatic N) is 2. The minimum absolute atomic E-state index is 0. The molecule has 3 heterocycles. The van der Waals surface area contributed by atoms with E-state index in [0.29, 0.717) is 24.6 Å². The largest absolute Gasteiger partial charge is 0.368 e. The highest BCUT2D eigenvalue weighted by Gasteiger charge is 2.10. The maximum Gasteiger partial charge on any atom is 0.267 e. The number of aromatic nitrogens is 4. The number of aromatic amines is 2. The summed E-state index contributed by atoms with van der Waals surface area (Å²) in [7, 11) is 0. The van der Waals surface area contributed by atoms with Crippen molar-refractivity contribution in [3.05, 3.63) is 66.6 Å². The quantitative estimate of drug-likeness (QED) is 0.401. The fraction of sp³-hybridized carbons (Fsp3) is 0.105. The van der Waals surface area contributed by atoms with Crippen molar-refractivity contribution < 1.29 is 7.65 Å². The second-order valence-electron chi connectivity index (χ2n) is 5.77. The Labute approximate surface area is 152 Å². The Bertz CT molecular complexity index is 1020. The number of hydrogen-bond donors (Lipinski definition) is 4. The zero-order valence-electron chi connectivity index (χ0n) is 14.0. The number of amides is 1. The monoisotopic (exact) mass is 350 g/mol. The summed E-state index contributed by atoms with van der Waals surface area (Å²) in [5.74, 6) is 1.26. The molecule has 134 valence electrons. The third-order valence-electron chi connectivity index (χ3n) is 3.99. The summed E-state index contributed by atoms with van der Waals surface area (Å²) in [5, 5.41) is 7.07. The number of hydrogen-bond acceptors (Lipinski definition) is 4. The Hall–Kier alpha value is -3.61. The van der Waals surface area contributed by atoms with Gasteiger partial charge in [0.1, 0.15) is 17.2 Å². The standard InChI is InChI=1S/C19H18N6O.2H2/c26-19(15-7-4-9-20-15)23-12-11-22-18-14-8-10-21-17(14)24-16(25-18)13-5-2-1-3-6-13;;/h1-10,20H,11-12H2,(H,23,26)(H2,21,22,24,25);2*1H. The van der Waals surface area contributed by atoms with Gasteiger partial charge < -0.3 is 20.6 Å². The third-order valence-corrected chi connectivity index (χ3v) is 3.99. The lowest BCUT2D eigenvalue weighted by molar-refractivity contribution is 0.0951. The van der Waals surface area contributed by atoms with E-state index in [9.17, 15) is 4.79 Å². The summed E-state index contributed by atoms with van der Waals surface area (Å²) in [5.41, 5.74) is 2.27. The zero-order chi connectivity index (χ0) is 17.8. The Morgan fingerprint density at radius 3 is 2.65 bits per heavy atom. The van der Waals surface area contributed by atoms with Crippen LogP contribution in [0.4, 0.5) is 5.82 Å². The van der Waals surface area contributed by atoms with Crippen LogP contribution in [0.5, 0.6) is 0 Å². The number of anilines is 1. The average Bonchev–Trinajstić information content (AvgIpc) is 3.37. The molecule has 0 aliphatic rings. The van der Waals surface area contributed by atoms with Crippen LogP contribution in [0.25, 0.3) is 22.4 Å². The van der Waals surface area contributed by atoms with Gasteiger partial charge in [0.05, 0.1) is 5.39 Å². The molecule has 4 N–H and O–H groups in total.